The van der Waals surface area contributed by atoms with Crippen molar-refractivity contribution in [1.29, 1.82) is 0 Å². The van der Waals surface area contributed by atoms with Crippen molar-refractivity contribution < 1.29 is 9.53 Å². The standard InChI is InChI=1S/C13H25N3O2/c1-10-11(15-7-8-18-10)12(17)16-9-13(2)3-5-14-6-4-13/h10-11,14-15H,3-9H2,1-2H3,(H,16,17)/t10-,11+/m1/s1. The Hall–Kier alpha value is -0.650. The van der Waals surface area contributed by atoms with Crippen LogP contribution in [0.15, 0.2) is 0 Å². The lowest BCUT2D eigenvalue weighted by molar-refractivity contribution is -0.129. The largest absolute Gasteiger partial charge is 0.375 e. The Morgan fingerprint density at radius 2 is 2.11 bits per heavy atom. The molecule has 5 nitrogen and oxygen atoms in total. The molecule has 0 saturated carbocycles. The highest BCUT2D eigenvalue weighted by atomic mass is 16.5. The van der Waals surface area contributed by atoms with Gasteiger partial charge < -0.3 is 20.7 Å². The van der Waals surface area contributed by atoms with Crippen molar-refractivity contribution in [2.75, 3.05) is 32.8 Å². The summed E-state index contributed by atoms with van der Waals surface area (Å²) in [4.78, 5) is 12.1. The summed E-state index contributed by atoms with van der Waals surface area (Å²) in [6.07, 6.45) is 2.20. The van der Waals surface area contributed by atoms with Gasteiger partial charge in [-0.15, -0.1) is 0 Å². The number of carbonyl (C=O) groups excluding carboxylic acids is 1. The first-order chi connectivity index (χ1) is 8.61. The van der Waals surface area contributed by atoms with Gasteiger partial charge in [0.15, 0.2) is 0 Å². The summed E-state index contributed by atoms with van der Waals surface area (Å²) in [7, 11) is 0. The van der Waals surface area contributed by atoms with Gasteiger partial charge in [-0.3, -0.25) is 4.79 Å². The highest BCUT2D eigenvalue weighted by Gasteiger charge is 2.31. The molecule has 0 unspecified atom stereocenters. The lowest BCUT2D eigenvalue weighted by Gasteiger charge is -2.35. The third kappa shape index (κ3) is 3.43. The molecule has 0 aromatic carbocycles. The van der Waals surface area contributed by atoms with Crippen molar-refractivity contribution in [2.45, 2.75) is 38.8 Å². The van der Waals surface area contributed by atoms with Gasteiger partial charge >= 0.3 is 0 Å². The molecule has 2 rings (SSSR count). The van der Waals surface area contributed by atoms with Gasteiger partial charge in [0.1, 0.15) is 6.04 Å². The van der Waals surface area contributed by atoms with E-state index in [-0.39, 0.29) is 23.5 Å². The first-order valence-electron chi connectivity index (χ1n) is 6.94. The Balaban J connectivity index is 1.80. The van der Waals surface area contributed by atoms with Crippen LogP contribution in [0, 0.1) is 5.41 Å². The van der Waals surface area contributed by atoms with Gasteiger partial charge in [-0.25, -0.2) is 0 Å². The number of hydrogen-bond donors (Lipinski definition) is 3. The fourth-order valence-corrected chi connectivity index (χ4v) is 2.64. The van der Waals surface area contributed by atoms with E-state index in [9.17, 15) is 4.79 Å². The monoisotopic (exact) mass is 255 g/mol. The Kier molecular flexibility index (Phi) is 4.59. The second kappa shape index (κ2) is 5.99. The summed E-state index contributed by atoms with van der Waals surface area (Å²) in [5.41, 5.74) is 0.236. The van der Waals surface area contributed by atoms with Crippen LogP contribution in [0.25, 0.3) is 0 Å². The third-order valence-electron chi connectivity index (χ3n) is 4.10. The summed E-state index contributed by atoms with van der Waals surface area (Å²) in [5.74, 6) is 0.0713. The van der Waals surface area contributed by atoms with E-state index in [1.165, 1.54) is 0 Å². The average Bonchev–Trinajstić information content (AvgIpc) is 2.38. The van der Waals surface area contributed by atoms with Crippen LogP contribution in [0.4, 0.5) is 0 Å². The van der Waals surface area contributed by atoms with Crippen LogP contribution in [0.5, 0.6) is 0 Å². The maximum Gasteiger partial charge on any atom is 0.239 e. The smallest absolute Gasteiger partial charge is 0.239 e. The van der Waals surface area contributed by atoms with Crippen molar-refractivity contribution in [3.63, 3.8) is 0 Å². The molecule has 18 heavy (non-hydrogen) atoms. The van der Waals surface area contributed by atoms with E-state index >= 15 is 0 Å². The number of ether oxygens (including phenoxy) is 1. The Morgan fingerprint density at radius 1 is 1.39 bits per heavy atom. The maximum absolute atomic E-state index is 12.1. The zero-order valence-electron chi connectivity index (χ0n) is 11.4. The molecule has 2 fully saturated rings. The number of amides is 1. The first kappa shape index (κ1) is 13.8. The van der Waals surface area contributed by atoms with E-state index in [1.54, 1.807) is 0 Å². The van der Waals surface area contributed by atoms with Gasteiger partial charge in [0.05, 0.1) is 12.7 Å². The van der Waals surface area contributed by atoms with E-state index < -0.39 is 0 Å². The molecule has 3 N–H and O–H groups in total. The summed E-state index contributed by atoms with van der Waals surface area (Å²) in [6, 6.07) is -0.205. The normalized spacial score (nSPS) is 31.9. The molecule has 1 amide bonds. The molecule has 0 spiro atoms. The molecular weight excluding hydrogens is 230 g/mol. The zero-order chi connectivity index (χ0) is 13.0. The van der Waals surface area contributed by atoms with Gasteiger partial charge in [-0.05, 0) is 38.3 Å². The number of nitrogens with one attached hydrogen (secondary N) is 3. The van der Waals surface area contributed by atoms with Crippen LogP contribution in [0.1, 0.15) is 26.7 Å². The summed E-state index contributed by atoms with van der Waals surface area (Å²) in [6.45, 7) is 8.50. The van der Waals surface area contributed by atoms with Gasteiger partial charge in [-0.1, -0.05) is 6.92 Å². The van der Waals surface area contributed by atoms with Crippen molar-refractivity contribution in [2.24, 2.45) is 5.41 Å². The van der Waals surface area contributed by atoms with Gasteiger partial charge in [-0.2, -0.15) is 0 Å². The van der Waals surface area contributed by atoms with Gasteiger partial charge in [0, 0.05) is 13.1 Å². The molecule has 0 radical (unpaired) electrons. The maximum atomic E-state index is 12.1. The number of hydrogen-bond acceptors (Lipinski definition) is 4. The molecule has 2 heterocycles. The van der Waals surface area contributed by atoms with Crippen molar-refractivity contribution in [3.05, 3.63) is 0 Å². The first-order valence-corrected chi connectivity index (χ1v) is 6.94. The second-order valence-electron chi connectivity index (χ2n) is 5.79. The SMILES string of the molecule is C[C@H]1OCCN[C@@H]1C(=O)NCC1(C)CCNCC1. The Bertz CT molecular complexity index is 290. The summed E-state index contributed by atoms with van der Waals surface area (Å²) < 4.78 is 5.50. The summed E-state index contributed by atoms with van der Waals surface area (Å²) in [5, 5.41) is 9.66. The van der Waals surface area contributed by atoms with Crippen LogP contribution >= 0.6 is 0 Å². The summed E-state index contributed by atoms with van der Waals surface area (Å²) >= 11 is 0. The van der Waals surface area contributed by atoms with E-state index in [2.05, 4.69) is 22.9 Å². The molecular formula is C13H25N3O2. The third-order valence-corrected chi connectivity index (χ3v) is 4.10. The molecule has 2 atom stereocenters. The number of morpholine rings is 1. The molecule has 0 bridgehead atoms. The lowest BCUT2D eigenvalue weighted by atomic mass is 9.81. The van der Waals surface area contributed by atoms with Crippen molar-refractivity contribution >= 4 is 5.91 Å². The molecule has 0 aromatic heterocycles. The molecule has 104 valence electrons. The quantitative estimate of drug-likeness (QED) is 0.657. The molecule has 5 heteroatoms. The fourth-order valence-electron chi connectivity index (χ4n) is 2.64. The lowest BCUT2D eigenvalue weighted by Crippen LogP contribution is -2.56. The van der Waals surface area contributed by atoms with E-state index in [0.717, 1.165) is 39.0 Å². The molecule has 0 aliphatic carbocycles. The molecule has 2 aliphatic heterocycles. The van der Waals surface area contributed by atoms with E-state index in [4.69, 9.17) is 4.74 Å². The van der Waals surface area contributed by atoms with Crippen molar-refractivity contribution in [1.82, 2.24) is 16.0 Å². The Labute approximate surface area is 109 Å². The highest BCUT2D eigenvalue weighted by Crippen LogP contribution is 2.26. The molecule has 2 saturated heterocycles. The number of carbonyl (C=O) groups is 1. The van der Waals surface area contributed by atoms with Gasteiger partial charge in [0.25, 0.3) is 0 Å². The predicted octanol–water partition coefficient (Wildman–Crippen LogP) is -0.131. The zero-order valence-corrected chi connectivity index (χ0v) is 11.4. The minimum Gasteiger partial charge on any atom is -0.375 e. The topological polar surface area (TPSA) is 62.4 Å². The predicted molar refractivity (Wildman–Crippen MR) is 70.4 cm³/mol. The van der Waals surface area contributed by atoms with E-state index in [1.807, 2.05) is 6.92 Å². The Morgan fingerprint density at radius 3 is 2.78 bits per heavy atom. The van der Waals surface area contributed by atoms with Crippen molar-refractivity contribution in [3.8, 4) is 0 Å². The van der Waals surface area contributed by atoms with Crippen LogP contribution in [-0.2, 0) is 9.53 Å². The second-order valence-corrected chi connectivity index (χ2v) is 5.79. The van der Waals surface area contributed by atoms with Crippen LogP contribution in [0.2, 0.25) is 0 Å². The highest BCUT2D eigenvalue weighted by molar-refractivity contribution is 5.82. The fraction of sp³-hybridized carbons (Fsp3) is 0.923. The average molecular weight is 255 g/mol. The number of piperidine rings is 1. The number of rotatable bonds is 3. The molecule has 2 aliphatic rings. The van der Waals surface area contributed by atoms with Crippen LogP contribution in [0.3, 0.4) is 0 Å². The molecule has 0 aromatic rings. The van der Waals surface area contributed by atoms with E-state index in [0.29, 0.717) is 6.61 Å². The van der Waals surface area contributed by atoms with Crippen LogP contribution in [-0.4, -0.2) is 50.8 Å². The minimum absolute atomic E-state index is 0.0421. The minimum atomic E-state index is -0.205. The van der Waals surface area contributed by atoms with Gasteiger partial charge in [0.2, 0.25) is 5.91 Å². The van der Waals surface area contributed by atoms with Crippen LogP contribution < -0.4 is 16.0 Å².